The lowest BCUT2D eigenvalue weighted by atomic mass is 9.91. The third-order valence-corrected chi connectivity index (χ3v) is 4.13. The molecule has 0 amide bonds. The molecule has 0 fully saturated rings. The highest BCUT2D eigenvalue weighted by Gasteiger charge is 2.29. The number of nitrogens with one attached hydrogen (secondary N) is 2. The molecule has 3 N–H and O–H groups in total. The molecule has 3 rings (SSSR count). The number of aromatic nitrogens is 5. The molecule has 0 aliphatic heterocycles. The molecule has 0 radical (unpaired) electrons. The molecule has 19 heavy (non-hydrogen) atoms. The van der Waals surface area contributed by atoms with E-state index in [0.717, 1.165) is 17.7 Å². The quantitative estimate of drug-likeness (QED) is 0.757. The SMILES string of the molecule is O=C(O)C1CCCc2sc(NCc3nn[nH]n3)nc21. The van der Waals surface area contributed by atoms with Crippen molar-refractivity contribution in [2.45, 2.75) is 31.7 Å². The van der Waals surface area contributed by atoms with E-state index in [4.69, 9.17) is 0 Å². The van der Waals surface area contributed by atoms with Crippen LogP contribution in [-0.4, -0.2) is 36.7 Å². The summed E-state index contributed by atoms with van der Waals surface area (Å²) in [4.78, 5) is 16.6. The number of hydrogen-bond donors (Lipinski definition) is 3. The molecule has 0 saturated heterocycles. The van der Waals surface area contributed by atoms with Crippen molar-refractivity contribution in [3.05, 3.63) is 16.4 Å². The number of fused-ring (bicyclic) bond motifs is 1. The molecule has 0 aromatic carbocycles. The maximum Gasteiger partial charge on any atom is 0.312 e. The molecule has 1 atom stereocenters. The molecule has 2 aromatic heterocycles. The number of aromatic amines is 1. The maximum absolute atomic E-state index is 11.2. The fraction of sp³-hybridized carbons (Fsp3) is 0.500. The van der Waals surface area contributed by atoms with Crippen molar-refractivity contribution in [2.75, 3.05) is 5.32 Å². The van der Waals surface area contributed by atoms with E-state index in [2.05, 4.69) is 30.9 Å². The first-order chi connectivity index (χ1) is 9.24. The van der Waals surface area contributed by atoms with Gasteiger partial charge in [0.2, 0.25) is 0 Å². The highest BCUT2D eigenvalue weighted by atomic mass is 32.1. The van der Waals surface area contributed by atoms with Crippen molar-refractivity contribution < 1.29 is 9.90 Å². The summed E-state index contributed by atoms with van der Waals surface area (Å²) in [6.07, 6.45) is 2.47. The third-order valence-electron chi connectivity index (χ3n) is 3.04. The molecule has 9 heteroatoms. The number of aliphatic carboxylic acids is 1. The summed E-state index contributed by atoms with van der Waals surface area (Å²) in [5.41, 5.74) is 0.708. The molecular weight excluding hydrogens is 268 g/mol. The highest BCUT2D eigenvalue weighted by Crippen LogP contribution is 2.36. The van der Waals surface area contributed by atoms with Crippen molar-refractivity contribution in [1.29, 1.82) is 0 Å². The Hall–Kier alpha value is -2.03. The van der Waals surface area contributed by atoms with Gasteiger partial charge in [-0.15, -0.1) is 21.5 Å². The third kappa shape index (κ3) is 2.41. The highest BCUT2D eigenvalue weighted by molar-refractivity contribution is 7.15. The van der Waals surface area contributed by atoms with Crippen molar-refractivity contribution in [3.8, 4) is 0 Å². The number of carboxylic acids is 1. The van der Waals surface area contributed by atoms with E-state index in [0.29, 0.717) is 29.6 Å². The number of thiazole rings is 1. The number of rotatable bonds is 4. The van der Waals surface area contributed by atoms with Gasteiger partial charge in [-0.2, -0.15) is 5.21 Å². The van der Waals surface area contributed by atoms with E-state index < -0.39 is 11.9 Å². The fourth-order valence-electron chi connectivity index (χ4n) is 2.15. The monoisotopic (exact) mass is 280 g/mol. The second kappa shape index (κ2) is 4.92. The summed E-state index contributed by atoms with van der Waals surface area (Å²) < 4.78 is 0. The van der Waals surface area contributed by atoms with Crippen LogP contribution in [0.5, 0.6) is 0 Å². The van der Waals surface area contributed by atoms with Gasteiger partial charge in [-0.1, -0.05) is 5.21 Å². The lowest BCUT2D eigenvalue weighted by molar-refractivity contribution is -0.139. The summed E-state index contributed by atoms with van der Waals surface area (Å²) in [7, 11) is 0. The van der Waals surface area contributed by atoms with Crippen molar-refractivity contribution in [3.63, 3.8) is 0 Å². The zero-order valence-electron chi connectivity index (χ0n) is 9.96. The molecule has 2 aromatic rings. The minimum Gasteiger partial charge on any atom is -0.481 e. The van der Waals surface area contributed by atoms with Gasteiger partial charge < -0.3 is 10.4 Å². The molecule has 0 bridgehead atoms. The van der Waals surface area contributed by atoms with Crippen molar-refractivity contribution in [1.82, 2.24) is 25.6 Å². The normalized spacial score (nSPS) is 18.0. The topological polar surface area (TPSA) is 117 Å². The van der Waals surface area contributed by atoms with Crippen LogP contribution in [0.2, 0.25) is 0 Å². The summed E-state index contributed by atoms with van der Waals surface area (Å²) in [5.74, 6) is -0.723. The molecule has 1 unspecified atom stereocenters. The Balaban J connectivity index is 1.76. The van der Waals surface area contributed by atoms with E-state index in [9.17, 15) is 9.90 Å². The number of H-pyrrole nitrogens is 1. The Morgan fingerprint density at radius 1 is 1.58 bits per heavy atom. The molecule has 1 aliphatic rings. The molecular formula is C10H12N6O2S. The first-order valence-electron chi connectivity index (χ1n) is 5.92. The van der Waals surface area contributed by atoms with E-state index >= 15 is 0 Å². The lowest BCUT2D eigenvalue weighted by Crippen LogP contribution is -2.17. The number of carboxylic acid groups (broad SMARTS) is 1. The van der Waals surface area contributed by atoms with Gasteiger partial charge in [0.05, 0.1) is 12.2 Å². The van der Waals surface area contributed by atoms with Crippen LogP contribution in [0.3, 0.4) is 0 Å². The van der Waals surface area contributed by atoms with Crippen molar-refractivity contribution in [2.24, 2.45) is 0 Å². The Morgan fingerprint density at radius 2 is 2.47 bits per heavy atom. The van der Waals surface area contributed by atoms with Crippen LogP contribution in [0, 0.1) is 0 Å². The summed E-state index contributed by atoms with van der Waals surface area (Å²) in [5, 5.41) is 26.5. The van der Waals surface area contributed by atoms with Gasteiger partial charge >= 0.3 is 5.97 Å². The van der Waals surface area contributed by atoms with Crippen LogP contribution < -0.4 is 5.32 Å². The zero-order chi connectivity index (χ0) is 13.2. The molecule has 100 valence electrons. The predicted octanol–water partition coefficient (Wildman–Crippen LogP) is 0.773. The second-order valence-corrected chi connectivity index (χ2v) is 5.38. The van der Waals surface area contributed by atoms with E-state index in [-0.39, 0.29) is 0 Å². The number of aryl methyl sites for hydroxylation is 1. The molecule has 8 nitrogen and oxygen atoms in total. The zero-order valence-corrected chi connectivity index (χ0v) is 10.8. The van der Waals surface area contributed by atoms with Crippen LogP contribution >= 0.6 is 11.3 Å². The first-order valence-corrected chi connectivity index (χ1v) is 6.74. The molecule has 0 spiro atoms. The number of anilines is 1. The molecule has 1 aliphatic carbocycles. The average Bonchev–Trinajstić information content (AvgIpc) is 3.04. The number of tetrazole rings is 1. The van der Waals surface area contributed by atoms with Gasteiger partial charge in [0, 0.05) is 4.88 Å². The van der Waals surface area contributed by atoms with Crippen LogP contribution in [0.4, 0.5) is 5.13 Å². The van der Waals surface area contributed by atoms with Crippen LogP contribution in [0.1, 0.15) is 35.2 Å². The number of carbonyl (C=O) groups is 1. The van der Waals surface area contributed by atoms with Gasteiger partial charge in [-0.25, -0.2) is 4.98 Å². The van der Waals surface area contributed by atoms with Gasteiger partial charge in [-0.3, -0.25) is 4.79 Å². The summed E-state index contributed by atoms with van der Waals surface area (Å²) >= 11 is 1.51. The van der Waals surface area contributed by atoms with Gasteiger partial charge in [0.25, 0.3) is 0 Å². The van der Waals surface area contributed by atoms with Crippen molar-refractivity contribution >= 4 is 22.4 Å². The molecule has 2 heterocycles. The van der Waals surface area contributed by atoms with Crippen LogP contribution in [0.15, 0.2) is 0 Å². The lowest BCUT2D eigenvalue weighted by Gasteiger charge is -2.16. The van der Waals surface area contributed by atoms with E-state index in [1.54, 1.807) is 0 Å². The minimum atomic E-state index is -0.795. The minimum absolute atomic E-state index is 0.417. The number of hydrogen-bond acceptors (Lipinski definition) is 7. The Labute approximate surface area is 112 Å². The fourth-order valence-corrected chi connectivity index (χ4v) is 3.21. The van der Waals surface area contributed by atoms with E-state index in [1.165, 1.54) is 11.3 Å². The largest absolute Gasteiger partial charge is 0.481 e. The van der Waals surface area contributed by atoms with Gasteiger partial charge in [-0.05, 0) is 19.3 Å². The smallest absolute Gasteiger partial charge is 0.312 e. The average molecular weight is 280 g/mol. The predicted molar refractivity (Wildman–Crippen MR) is 66.9 cm³/mol. The van der Waals surface area contributed by atoms with Crippen LogP contribution in [0.25, 0.3) is 0 Å². The summed E-state index contributed by atoms with van der Waals surface area (Å²) in [6.45, 7) is 0.417. The standard InChI is InChI=1S/C10H12N6O2S/c17-9(18)5-2-1-3-6-8(5)12-10(19-6)11-4-7-13-15-16-14-7/h5H,1-4H2,(H,11,12)(H,17,18)(H,13,14,15,16). The Morgan fingerprint density at radius 3 is 3.21 bits per heavy atom. The Bertz CT molecular complexity index is 581. The van der Waals surface area contributed by atoms with E-state index in [1.807, 2.05) is 0 Å². The second-order valence-electron chi connectivity index (χ2n) is 4.29. The van der Waals surface area contributed by atoms with Crippen LogP contribution in [-0.2, 0) is 17.8 Å². The first kappa shape index (κ1) is 12.0. The molecule has 0 saturated carbocycles. The van der Waals surface area contributed by atoms with Gasteiger partial charge in [0.1, 0.15) is 5.92 Å². The maximum atomic E-state index is 11.2. The summed E-state index contributed by atoms with van der Waals surface area (Å²) in [6, 6.07) is 0. The number of nitrogens with zero attached hydrogens (tertiary/aromatic N) is 4. The Kier molecular flexibility index (Phi) is 3.11. The van der Waals surface area contributed by atoms with Gasteiger partial charge in [0.15, 0.2) is 11.0 Å².